The fourth-order valence-electron chi connectivity index (χ4n) is 3.66. The van der Waals surface area contributed by atoms with Gasteiger partial charge in [-0.15, -0.1) is 11.3 Å². The van der Waals surface area contributed by atoms with Gasteiger partial charge in [0.15, 0.2) is 11.5 Å². The third-order valence-electron chi connectivity index (χ3n) is 5.00. The summed E-state index contributed by atoms with van der Waals surface area (Å²) in [6, 6.07) is 10.8. The van der Waals surface area contributed by atoms with Crippen LogP contribution >= 0.6 is 11.3 Å². The lowest BCUT2D eigenvalue weighted by Crippen LogP contribution is -2.42. The molecule has 28 heavy (non-hydrogen) atoms. The third kappa shape index (κ3) is 3.07. The van der Waals surface area contributed by atoms with Crippen LogP contribution in [0.5, 0.6) is 11.5 Å². The molecule has 0 saturated heterocycles. The molecule has 0 spiro atoms. The van der Waals surface area contributed by atoms with Crippen LogP contribution in [0.4, 0.5) is 0 Å². The second kappa shape index (κ2) is 7.52. The molecule has 6 nitrogen and oxygen atoms in total. The molecule has 2 aromatic heterocycles. The molecule has 0 saturated carbocycles. The van der Waals surface area contributed by atoms with Crippen LogP contribution in [0.15, 0.2) is 52.8 Å². The molecule has 1 aliphatic rings. The van der Waals surface area contributed by atoms with Crippen LogP contribution in [0.3, 0.4) is 0 Å². The van der Waals surface area contributed by atoms with Crippen LogP contribution in [0, 0.1) is 0 Å². The summed E-state index contributed by atoms with van der Waals surface area (Å²) >= 11 is 1.59. The van der Waals surface area contributed by atoms with Gasteiger partial charge in [-0.1, -0.05) is 6.07 Å². The molecular formula is C21H20N2O4S. The van der Waals surface area contributed by atoms with Crippen LogP contribution in [0.1, 0.15) is 32.4 Å². The molecule has 7 heteroatoms. The highest BCUT2D eigenvalue weighted by atomic mass is 32.1. The summed E-state index contributed by atoms with van der Waals surface area (Å²) in [6.45, 7) is 0.512. The molecule has 3 heterocycles. The van der Waals surface area contributed by atoms with Gasteiger partial charge in [-0.2, -0.15) is 0 Å². The highest BCUT2D eigenvalue weighted by Crippen LogP contribution is 2.42. The Labute approximate surface area is 166 Å². The first-order chi connectivity index (χ1) is 13.6. The summed E-state index contributed by atoms with van der Waals surface area (Å²) < 4.78 is 10.9. The van der Waals surface area contributed by atoms with E-state index in [0.717, 1.165) is 16.0 Å². The number of nitrogens with zero attached hydrogens (tertiary/aromatic N) is 1. The number of hydrogen-bond acceptors (Lipinski definition) is 5. The first kappa shape index (κ1) is 18.3. The van der Waals surface area contributed by atoms with Gasteiger partial charge in [-0.25, -0.2) is 0 Å². The number of carbonyl (C=O) groups is 1. The Bertz CT molecular complexity index is 1060. The molecule has 4 rings (SSSR count). The Morgan fingerprint density at radius 3 is 2.64 bits per heavy atom. The number of methoxy groups -OCH3 is 2. The van der Waals surface area contributed by atoms with Crippen molar-refractivity contribution in [2.24, 2.45) is 0 Å². The maximum absolute atomic E-state index is 13.3. The van der Waals surface area contributed by atoms with Crippen molar-refractivity contribution in [3.05, 3.63) is 79.9 Å². The molecule has 0 unspecified atom stereocenters. The number of fused-ring (bicyclic) bond motifs is 1. The van der Waals surface area contributed by atoms with Gasteiger partial charge in [0.25, 0.3) is 11.5 Å². The fourth-order valence-corrected chi connectivity index (χ4v) is 4.52. The normalized spacial score (nSPS) is 15.8. The highest BCUT2D eigenvalue weighted by Gasteiger charge is 2.35. The number of rotatable bonds is 4. The van der Waals surface area contributed by atoms with Crippen LogP contribution in [-0.2, 0) is 6.42 Å². The number of nitrogens with one attached hydrogen (secondary N) is 1. The molecule has 0 bridgehead atoms. The maximum Gasteiger partial charge on any atom is 0.260 e. The second-order valence-corrected chi connectivity index (χ2v) is 7.46. The van der Waals surface area contributed by atoms with Crippen molar-refractivity contribution >= 4 is 17.2 Å². The average Bonchev–Trinajstić information content (AvgIpc) is 3.26. The summed E-state index contributed by atoms with van der Waals surface area (Å²) in [5, 5.41) is 1.99. The summed E-state index contributed by atoms with van der Waals surface area (Å²) in [6.07, 6.45) is 2.20. The lowest BCUT2D eigenvalue weighted by Gasteiger charge is -2.37. The SMILES string of the molecule is COc1cc2c(cc1OC)[C@H](c1cccs1)N(C(=O)c1ccc[nH]c1=O)CC2. The summed E-state index contributed by atoms with van der Waals surface area (Å²) in [7, 11) is 3.21. The average molecular weight is 396 g/mol. The first-order valence-corrected chi connectivity index (χ1v) is 9.79. The van der Waals surface area contributed by atoms with Crippen LogP contribution in [0.25, 0.3) is 0 Å². The number of amides is 1. The molecule has 1 N–H and O–H groups in total. The van der Waals surface area contributed by atoms with E-state index in [4.69, 9.17) is 9.47 Å². The summed E-state index contributed by atoms with van der Waals surface area (Å²) in [5.74, 6) is 1.01. The number of aromatic amines is 1. The van der Waals surface area contributed by atoms with Crippen molar-refractivity contribution < 1.29 is 14.3 Å². The molecule has 0 fully saturated rings. The van der Waals surface area contributed by atoms with Crippen molar-refractivity contribution in [1.82, 2.24) is 9.88 Å². The molecule has 1 aromatic carbocycles. The van der Waals surface area contributed by atoms with E-state index in [1.165, 1.54) is 6.20 Å². The Hall–Kier alpha value is -3.06. The van der Waals surface area contributed by atoms with Crippen molar-refractivity contribution in [3.8, 4) is 11.5 Å². The van der Waals surface area contributed by atoms with E-state index in [-0.39, 0.29) is 23.1 Å². The summed E-state index contributed by atoms with van der Waals surface area (Å²) in [4.78, 5) is 30.8. The number of ether oxygens (including phenoxy) is 2. The molecule has 0 radical (unpaired) electrons. The van der Waals surface area contributed by atoms with Gasteiger partial charge in [0.05, 0.1) is 20.3 Å². The molecular weight excluding hydrogens is 376 g/mol. The van der Waals surface area contributed by atoms with Gasteiger partial charge < -0.3 is 19.4 Å². The van der Waals surface area contributed by atoms with E-state index in [0.29, 0.717) is 24.5 Å². The minimum atomic E-state index is -0.379. The van der Waals surface area contributed by atoms with Gasteiger partial charge in [-0.3, -0.25) is 9.59 Å². The molecule has 1 atom stereocenters. The number of thiophene rings is 1. The first-order valence-electron chi connectivity index (χ1n) is 8.91. The van der Waals surface area contributed by atoms with E-state index in [1.807, 2.05) is 29.6 Å². The largest absolute Gasteiger partial charge is 0.493 e. The van der Waals surface area contributed by atoms with E-state index < -0.39 is 0 Å². The predicted octanol–water partition coefficient (Wildman–Crippen LogP) is 3.24. The smallest absolute Gasteiger partial charge is 0.260 e. The topological polar surface area (TPSA) is 71.6 Å². The zero-order valence-corrected chi connectivity index (χ0v) is 16.4. The molecule has 0 aliphatic carbocycles. The molecule has 1 amide bonds. The molecule has 144 valence electrons. The zero-order chi connectivity index (χ0) is 19.7. The van der Waals surface area contributed by atoms with Gasteiger partial charge in [-0.05, 0) is 53.3 Å². The van der Waals surface area contributed by atoms with Gasteiger partial charge in [0.1, 0.15) is 5.56 Å². The highest BCUT2D eigenvalue weighted by molar-refractivity contribution is 7.10. The van der Waals surface area contributed by atoms with Gasteiger partial charge in [0.2, 0.25) is 0 Å². The third-order valence-corrected chi connectivity index (χ3v) is 5.92. The van der Waals surface area contributed by atoms with Crippen molar-refractivity contribution in [3.63, 3.8) is 0 Å². The number of aromatic nitrogens is 1. The van der Waals surface area contributed by atoms with Crippen LogP contribution in [0.2, 0.25) is 0 Å². The number of pyridine rings is 1. The fraction of sp³-hybridized carbons (Fsp3) is 0.238. The van der Waals surface area contributed by atoms with E-state index in [2.05, 4.69) is 4.98 Å². The summed E-state index contributed by atoms with van der Waals surface area (Å²) in [5.41, 5.74) is 1.87. The number of hydrogen-bond donors (Lipinski definition) is 1. The Kier molecular flexibility index (Phi) is 4.92. The van der Waals surface area contributed by atoms with Gasteiger partial charge in [0, 0.05) is 17.6 Å². The van der Waals surface area contributed by atoms with E-state index in [1.54, 1.807) is 42.6 Å². The maximum atomic E-state index is 13.3. The van der Waals surface area contributed by atoms with Crippen molar-refractivity contribution in [2.75, 3.05) is 20.8 Å². The Morgan fingerprint density at radius 1 is 1.18 bits per heavy atom. The van der Waals surface area contributed by atoms with E-state index >= 15 is 0 Å². The van der Waals surface area contributed by atoms with E-state index in [9.17, 15) is 9.59 Å². The number of carbonyl (C=O) groups excluding carboxylic acids is 1. The lowest BCUT2D eigenvalue weighted by molar-refractivity contribution is 0.0695. The standard InChI is InChI=1S/C21H20N2O4S/c1-26-16-11-13-7-9-23(21(25)14-5-3-8-22-20(14)24)19(18-6-4-10-28-18)15(13)12-17(16)27-2/h3-6,8,10-12,19H,7,9H2,1-2H3,(H,22,24)/t19-/m1/s1. The van der Waals surface area contributed by atoms with Crippen molar-refractivity contribution in [2.45, 2.75) is 12.5 Å². The van der Waals surface area contributed by atoms with Gasteiger partial charge >= 0.3 is 0 Å². The van der Waals surface area contributed by atoms with Crippen LogP contribution in [-0.4, -0.2) is 36.6 Å². The number of H-pyrrole nitrogens is 1. The predicted molar refractivity (Wildman–Crippen MR) is 108 cm³/mol. The zero-order valence-electron chi connectivity index (χ0n) is 15.6. The monoisotopic (exact) mass is 396 g/mol. The molecule has 3 aromatic rings. The Morgan fingerprint density at radius 2 is 1.96 bits per heavy atom. The number of benzene rings is 1. The second-order valence-electron chi connectivity index (χ2n) is 6.49. The lowest BCUT2D eigenvalue weighted by atomic mass is 9.90. The van der Waals surface area contributed by atoms with Crippen LogP contribution < -0.4 is 15.0 Å². The van der Waals surface area contributed by atoms with Crippen molar-refractivity contribution in [1.29, 1.82) is 0 Å². The minimum Gasteiger partial charge on any atom is -0.493 e. The quantitative estimate of drug-likeness (QED) is 0.735. The minimum absolute atomic E-state index is 0.146. The molecule has 1 aliphatic heterocycles. The Balaban J connectivity index is 1.85.